The quantitative estimate of drug-likeness (QED) is 0.515. The minimum Gasteiger partial charge on any atom is -0.309 e. The summed E-state index contributed by atoms with van der Waals surface area (Å²) in [5.74, 6) is 0.640. The van der Waals surface area contributed by atoms with Crippen molar-refractivity contribution in [2.24, 2.45) is 0 Å². The van der Waals surface area contributed by atoms with E-state index in [-0.39, 0.29) is 17.6 Å². The van der Waals surface area contributed by atoms with E-state index >= 15 is 0 Å². The van der Waals surface area contributed by atoms with E-state index in [2.05, 4.69) is 34.3 Å². The molecular formula is C22H22N4OS. The molecule has 0 saturated carbocycles. The van der Waals surface area contributed by atoms with Gasteiger partial charge in [0.25, 0.3) is 5.56 Å². The Balaban J connectivity index is 1.58. The Bertz CT molecular complexity index is 1170. The first-order valence-electron chi connectivity index (χ1n) is 9.30. The van der Waals surface area contributed by atoms with Gasteiger partial charge in [-0.05, 0) is 32.9 Å². The number of fused-ring (bicyclic) bond motifs is 1. The molecule has 0 fully saturated rings. The highest BCUT2D eigenvalue weighted by molar-refractivity contribution is 7.15. The zero-order chi connectivity index (χ0) is 19.7. The molecule has 2 heterocycles. The fourth-order valence-electron chi connectivity index (χ4n) is 3.35. The maximum atomic E-state index is 12.3. The van der Waals surface area contributed by atoms with Gasteiger partial charge in [-0.1, -0.05) is 42.5 Å². The summed E-state index contributed by atoms with van der Waals surface area (Å²) in [5, 5.41) is 5.18. The first-order chi connectivity index (χ1) is 13.5. The molecule has 6 heteroatoms. The van der Waals surface area contributed by atoms with Crippen molar-refractivity contribution in [1.82, 2.24) is 20.3 Å². The van der Waals surface area contributed by atoms with Gasteiger partial charge in [0.15, 0.2) is 0 Å². The molecule has 0 saturated heterocycles. The Labute approximate surface area is 167 Å². The van der Waals surface area contributed by atoms with Crippen molar-refractivity contribution >= 4 is 22.2 Å². The van der Waals surface area contributed by atoms with Crippen molar-refractivity contribution in [1.29, 1.82) is 0 Å². The molecule has 2 atom stereocenters. The van der Waals surface area contributed by atoms with E-state index in [4.69, 9.17) is 4.98 Å². The van der Waals surface area contributed by atoms with Gasteiger partial charge in [0, 0.05) is 16.5 Å². The lowest BCUT2D eigenvalue weighted by Crippen LogP contribution is -2.26. The number of hydrogen-bond donors (Lipinski definition) is 2. The molecule has 4 aromatic rings. The molecule has 0 amide bonds. The summed E-state index contributed by atoms with van der Waals surface area (Å²) < 4.78 is 0. The largest absolute Gasteiger partial charge is 0.309 e. The smallest absolute Gasteiger partial charge is 0.258 e. The predicted octanol–water partition coefficient (Wildman–Crippen LogP) is 4.77. The number of para-hydroxylation sites is 1. The summed E-state index contributed by atoms with van der Waals surface area (Å²) in [5.41, 5.74) is 2.75. The molecule has 2 aromatic carbocycles. The molecule has 0 aliphatic heterocycles. The second kappa shape index (κ2) is 7.66. The van der Waals surface area contributed by atoms with Crippen LogP contribution in [0.25, 0.3) is 21.5 Å². The lowest BCUT2D eigenvalue weighted by atomic mass is 10.2. The van der Waals surface area contributed by atoms with Gasteiger partial charge in [0.1, 0.15) is 10.8 Å². The maximum Gasteiger partial charge on any atom is 0.258 e. The van der Waals surface area contributed by atoms with Crippen molar-refractivity contribution in [2.45, 2.75) is 32.9 Å². The zero-order valence-electron chi connectivity index (χ0n) is 16.1. The van der Waals surface area contributed by atoms with E-state index in [9.17, 15) is 4.79 Å². The van der Waals surface area contributed by atoms with E-state index in [1.54, 1.807) is 17.4 Å². The van der Waals surface area contributed by atoms with Crippen LogP contribution in [0.4, 0.5) is 0 Å². The second-order valence-electron chi connectivity index (χ2n) is 6.91. The fraction of sp³-hybridized carbons (Fsp3) is 0.227. The van der Waals surface area contributed by atoms with Crippen LogP contribution >= 0.6 is 11.3 Å². The number of H-pyrrole nitrogens is 1. The van der Waals surface area contributed by atoms with Crippen LogP contribution in [0.2, 0.25) is 0 Å². The van der Waals surface area contributed by atoms with E-state index in [0.29, 0.717) is 16.7 Å². The van der Waals surface area contributed by atoms with Crippen LogP contribution in [0.5, 0.6) is 0 Å². The molecule has 0 bridgehead atoms. The van der Waals surface area contributed by atoms with E-state index < -0.39 is 0 Å². The SMILES string of the molecule is Cc1nc(-c2ccccc2)sc1C(C)NC(C)c1nc2ccccc2c(=O)[nH]1. The van der Waals surface area contributed by atoms with Crippen molar-refractivity contribution in [2.75, 3.05) is 0 Å². The maximum absolute atomic E-state index is 12.3. The van der Waals surface area contributed by atoms with Crippen LogP contribution in [0, 0.1) is 6.92 Å². The lowest BCUT2D eigenvalue weighted by Gasteiger charge is -2.19. The highest BCUT2D eigenvalue weighted by Crippen LogP contribution is 2.32. The first-order valence-corrected chi connectivity index (χ1v) is 10.1. The number of nitrogens with one attached hydrogen (secondary N) is 2. The van der Waals surface area contributed by atoms with Crippen molar-refractivity contribution < 1.29 is 0 Å². The summed E-state index contributed by atoms with van der Waals surface area (Å²) in [6, 6.07) is 17.6. The normalized spacial score (nSPS) is 13.5. The van der Waals surface area contributed by atoms with Crippen LogP contribution in [0.1, 0.15) is 42.3 Å². The topological polar surface area (TPSA) is 70.7 Å². The fourth-order valence-corrected chi connectivity index (χ4v) is 4.44. The third-order valence-electron chi connectivity index (χ3n) is 4.79. The molecule has 0 aliphatic carbocycles. The number of aromatic amines is 1. The molecule has 4 rings (SSSR count). The van der Waals surface area contributed by atoms with E-state index in [1.165, 1.54) is 4.88 Å². The van der Waals surface area contributed by atoms with Crippen LogP contribution in [-0.4, -0.2) is 15.0 Å². The number of hydrogen-bond acceptors (Lipinski definition) is 5. The molecule has 5 nitrogen and oxygen atoms in total. The van der Waals surface area contributed by atoms with Gasteiger partial charge in [0.2, 0.25) is 0 Å². The van der Waals surface area contributed by atoms with E-state index in [0.717, 1.165) is 16.3 Å². The summed E-state index contributed by atoms with van der Waals surface area (Å²) in [6.07, 6.45) is 0. The van der Waals surface area contributed by atoms with Crippen LogP contribution in [-0.2, 0) is 0 Å². The van der Waals surface area contributed by atoms with Crippen LogP contribution in [0.3, 0.4) is 0 Å². The van der Waals surface area contributed by atoms with Gasteiger partial charge in [-0.2, -0.15) is 0 Å². The summed E-state index contributed by atoms with van der Waals surface area (Å²) in [6.45, 7) is 6.17. The second-order valence-corrected chi connectivity index (χ2v) is 7.94. The lowest BCUT2D eigenvalue weighted by molar-refractivity contribution is 0.480. The Kier molecular flexibility index (Phi) is 5.07. The number of thiazole rings is 1. The van der Waals surface area contributed by atoms with Crippen molar-refractivity contribution in [3.63, 3.8) is 0 Å². The Hall–Kier alpha value is -2.83. The molecule has 0 spiro atoms. The van der Waals surface area contributed by atoms with Gasteiger partial charge in [-0.15, -0.1) is 11.3 Å². The number of aromatic nitrogens is 3. The molecule has 2 aromatic heterocycles. The number of aryl methyl sites for hydroxylation is 1. The van der Waals surface area contributed by atoms with Crippen LogP contribution in [0.15, 0.2) is 59.4 Å². The standard InChI is InChI=1S/C22H22N4OS/c1-13(19-14(2)24-22(28-19)16-9-5-4-6-10-16)23-15(3)20-25-18-12-8-7-11-17(18)21(27)26-20/h4-13,15,23H,1-3H3,(H,25,26,27). The third-order valence-corrected chi connectivity index (χ3v) is 6.18. The van der Waals surface area contributed by atoms with Gasteiger partial charge in [0.05, 0.1) is 22.6 Å². The molecule has 142 valence electrons. The van der Waals surface area contributed by atoms with Crippen molar-refractivity contribution in [3.05, 3.63) is 81.3 Å². The molecule has 0 radical (unpaired) electrons. The molecule has 0 aliphatic rings. The predicted molar refractivity (Wildman–Crippen MR) is 115 cm³/mol. The number of nitrogens with zero attached hydrogens (tertiary/aromatic N) is 2. The molecule has 28 heavy (non-hydrogen) atoms. The highest BCUT2D eigenvalue weighted by atomic mass is 32.1. The van der Waals surface area contributed by atoms with Gasteiger partial charge >= 0.3 is 0 Å². The molecule has 2 N–H and O–H groups in total. The minimum atomic E-state index is -0.109. The molecular weight excluding hydrogens is 368 g/mol. The van der Waals surface area contributed by atoms with Gasteiger partial charge < -0.3 is 10.3 Å². The summed E-state index contributed by atoms with van der Waals surface area (Å²) in [4.78, 5) is 25.8. The Morgan fingerprint density at radius 3 is 2.46 bits per heavy atom. The van der Waals surface area contributed by atoms with Crippen molar-refractivity contribution in [3.8, 4) is 10.6 Å². The van der Waals surface area contributed by atoms with E-state index in [1.807, 2.05) is 50.2 Å². The number of rotatable bonds is 5. The first kappa shape index (κ1) is 18.5. The monoisotopic (exact) mass is 390 g/mol. The summed E-state index contributed by atoms with van der Waals surface area (Å²) in [7, 11) is 0. The average molecular weight is 391 g/mol. The van der Waals surface area contributed by atoms with Gasteiger partial charge in [-0.3, -0.25) is 4.79 Å². The minimum absolute atomic E-state index is 0.0849. The highest BCUT2D eigenvalue weighted by Gasteiger charge is 2.19. The number of benzene rings is 2. The average Bonchev–Trinajstić information content (AvgIpc) is 3.10. The summed E-state index contributed by atoms with van der Waals surface area (Å²) >= 11 is 1.70. The van der Waals surface area contributed by atoms with Gasteiger partial charge in [-0.25, -0.2) is 9.97 Å². The Morgan fingerprint density at radius 2 is 1.68 bits per heavy atom. The molecule has 2 unspecified atom stereocenters. The zero-order valence-corrected chi connectivity index (χ0v) is 16.9. The third kappa shape index (κ3) is 3.61. The Morgan fingerprint density at radius 1 is 0.964 bits per heavy atom. The van der Waals surface area contributed by atoms with Crippen LogP contribution < -0.4 is 10.9 Å².